The Labute approximate surface area is 106 Å². The summed E-state index contributed by atoms with van der Waals surface area (Å²) >= 11 is 3.46. The molecular formula is C14H18BrN. The lowest BCUT2D eigenvalue weighted by molar-refractivity contribution is 0.977. The largest absolute Gasteiger partial charge is 0.257 e. The molecule has 0 radical (unpaired) electrons. The van der Waals surface area contributed by atoms with E-state index in [1.54, 1.807) is 0 Å². The van der Waals surface area contributed by atoms with E-state index in [1.807, 2.05) is 12.1 Å². The minimum atomic E-state index is 0.878. The first-order chi connectivity index (χ1) is 7.67. The average Bonchev–Trinajstić information content (AvgIpc) is 2.23. The van der Waals surface area contributed by atoms with E-state index in [-0.39, 0.29) is 0 Å². The third kappa shape index (κ3) is 3.93. The van der Waals surface area contributed by atoms with Crippen molar-refractivity contribution in [2.75, 3.05) is 0 Å². The molecule has 0 unspecified atom stereocenters. The van der Waals surface area contributed by atoms with Gasteiger partial charge in [-0.2, -0.15) is 0 Å². The van der Waals surface area contributed by atoms with E-state index in [9.17, 15) is 0 Å². The molecule has 1 aromatic carbocycles. The van der Waals surface area contributed by atoms with Crippen LogP contribution in [0.25, 0.3) is 0 Å². The Morgan fingerprint density at radius 3 is 2.81 bits per heavy atom. The highest BCUT2D eigenvalue weighted by Crippen LogP contribution is 2.23. The molecular weight excluding hydrogens is 262 g/mol. The Kier molecular flexibility index (Phi) is 5.47. The Balaban J connectivity index is 2.97. The van der Waals surface area contributed by atoms with Crippen molar-refractivity contribution in [3.63, 3.8) is 0 Å². The van der Waals surface area contributed by atoms with Crippen molar-refractivity contribution in [3.05, 3.63) is 40.9 Å². The Bertz CT molecular complexity index is 394. The molecule has 2 heteroatoms. The molecule has 0 aliphatic rings. The minimum Gasteiger partial charge on any atom is -0.257 e. The molecule has 0 aliphatic heterocycles. The predicted molar refractivity (Wildman–Crippen MR) is 75.7 cm³/mol. The zero-order valence-electron chi connectivity index (χ0n) is 9.96. The number of allylic oxidation sites excluding steroid dienone is 1. The third-order valence-electron chi connectivity index (χ3n) is 2.36. The number of aliphatic imine (C=N–C) groups is 1. The van der Waals surface area contributed by atoms with E-state index in [0.717, 1.165) is 29.4 Å². The van der Waals surface area contributed by atoms with Gasteiger partial charge in [0.15, 0.2) is 0 Å². The molecule has 16 heavy (non-hydrogen) atoms. The molecule has 0 aliphatic carbocycles. The molecule has 0 N–H and O–H groups in total. The van der Waals surface area contributed by atoms with Crippen LogP contribution >= 0.6 is 15.9 Å². The lowest BCUT2D eigenvalue weighted by atomic mass is 10.1. The fourth-order valence-electron chi connectivity index (χ4n) is 1.57. The summed E-state index contributed by atoms with van der Waals surface area (Å²) in [6.45, 7) is 8.03. The van der Waals surface area contributed by atoms with Crippen molar-refractivity contribution in [1.29, 1.82) is 0 Å². The van der Waals surface area contributed by atoms with Crippen LogP contribution in [0.1, 0.15) is 31.7 Å². The molecule has 0 spiro atoms. The number of hydrogen-bond acceptors (Lipinski definition) is 1. The fraction of sp³-hybridized carbons (Fsp3) is 0.357. The van der Waals surface area contributed by atoms with Gasteiger partial charge in [-0.1, -0.05) is 35.4 Å². The number of halogens is 1. The van der Waals surface area contributed by atoms with Crippen LogP contribution in [0.4, 0.5) is 5.69 Å². The molecule has 0 saturated carbocycles. The van der Waals surface area contributed by atoms with Crippen LogP contribution in [-0.2, 0) is 0 Å². The summed E-state index contributed by atoms with van der Waals surface area (Å²) in [5.74, 6) is 0. The van der Waals surface area contributed by atoms with Crippen LogP contribution in [-0.4, -0.2) is 5.71 Å². The normalized spacial score (nSPS) is 11.6. The van der Waals surface area contributed by atoms with Gasteiger partial charge in [0.25, 0.3) is 0 Å². The van der Waals surface area contributed by atoms with Gasteiger partial charge in [-0.3, -0.25) is 4.99 Å². The standard InChI is InChI=1S/C14H18BrN/c1-4-6-13(7-5-2)16-14-9-8-12(15)10-11(14)3/h4,8-10H,1,5-7H2,2-3H3/b16-13-. The van der Waals surface area contributed by atoms with Gasteiger partial charge < -0.3 is 0 Å². The van der Waals surface area contributed by atoms with Crippen molar-refractivity contribution in [2.24, 2.45) is 4.99 Å². The molecule has 0 saturated heterocycles. The highest BCUT2D eigenvalue weighted by Gasteiger charge is 2.00. The van der Waals surface area contributed by atoms with Gasteiger partial charge in [0.2, 0.25) is 0 Å². The van der Waals surface area contributed by atoms with Gasteiger partial charge in [-0.25, -0.2) is 0 Å². The summed E-state index contributed by atoms with van der Waals surface area (Å²) in [4.78, 5) is 4.70. The Morgan fingerprint density at radius 1 is 1.50 bits per heavy atom. The third-order valence-corrected chi connectivity index (χ3v) is 2.85. The second-order valence-corrected chi connectivity index (χ2v) is 4.77. The van der Waals surface area contributed by atoms with Gasteiger partial charge in [-0.15, -0.1) is 6.58 Å². The van der Waals surface area contributed by atoms with Crippen molar-refractivity contribution >= 4 is 27.3 Å². The van der Waals surface area contributed by atoms with E-state index in [0.29, 0.717) is 0 Å². The van der Waals surface area contributed by atoms with Crippen molar-refractivity contribution < 1.29 is 0 Å². The minimum absolute atomic E-state index is 0.878. The predicted octanol–water partition coefficient (Wildman–Crippen LogP) is 5.21. The van der Waals surface area contributed by atoms with Crippen LogP contribution in [0.15, 0.2) is 40.3 Å². The second kappa shape index (κ2) is 6.64. The summed E-state index contributed by atoms with van der Waals surface area (Å²) in [5.41, 5.74) is 3.48. The molecule has 86 valence electrons. The molecule has 0 heterocycles. The van der Waals surface area contributed by atoms with Crippen LogP contribution in [0, 0.1) is 6.92 Å². The second-order valence-electron chi connectivity index (χ2n) is 3.85. The van der Waals surface area contributed by atoms with Crippen molar-refractivity contribution in [2.45, 2.75) is 33.1 Å². The first-order valence-electron chi connectivity index (χ1n) is 5.60. The maximum Gasteiger partial charge on any atom is 0.0659 e. The van der Waals surface area contributed by atoms with E-state index >= 15 is 0 Å². The van der Waals surface area contributed by atoms with E-state index in [4.69, 9.17) is 4.99 Å². The van der Waals surface area contributed by atoms with E-state index in [2.05, 4.69) is 48.5 Å². The van der Waals surface area contributed by atoms with Gasteiger partial charge in [0.1, 0.15) is 0 Å². The molecule has 1 aromatic rings. The van der Waals surface area contributed by atoms with Crippen LogP contribution in [0.2, 0.25) is 0 Å². The average molecular weight is 280 g/mol. The number of rotatable bonds is 5. The lowest BCUT2D eigenvalue weighted by Gasteiger charge is -2.05. The van der Waals surface area contributed by atoms with Gasteiger partial charge >= 0.3 is 0 Å². The zero-order chi connectivity index (χ0) is 12.0. The van der Waals surface area contributed by atoms with E-state index in [1.165, 1.54) is 11.3 Å². The maximum absolute atomic E-state index is 4.70. The summed E-state index contributed by atoms with van der Waals surface area (Å²) in [6.07, 6.45) is 4.97. The molecule has 0 amide bonds. The van der Waals surface area contributed by atoms with Crippen LogP contribution < -0.4 is 0 Å². The highest BCUT2D eigenvalue weighted by molar-refractivity contribution is 9.10. The zero-order valence-corrected chi connectivity index (χ0v) is 11.5. The van der Waals surface area contributed by atoms with Gasteiger partial charge in [0, 0.05) is 16.6 Å². The summed E-state index contributed by atoms with van der Waals surface area (Å²) in [6, 6.07) is 6.18. The first kappa shape index (κ1) is 13.2. The monoisotopic (exact) mass is 279 g/mol. The van der Waals surface area contributed by atoms with Gasteiger partial charge in [-0.05, 0) is 37.1 Å². The van der Waals surface area contributed by atoms with Crippen LogP contribution in [0.5, 0.6) is 0 Å². The summed E-state index contributed by atoms with van der Waals surface area (Å²) in [7, 11) is 0. The maximum atomic E-state index is 4.70. The SMILES string of the molecule is C=CC/C(CCC)=N/c1ccc(Br)cc1C. The molecule has 1 nitrogen and oxygen atoms in total. The quantitative estimate of drug-likeness (QED) is 0.519. The lowest BCUT2D eigenvalue weighted by Crippen LogP contribution is -1.95. The topological polar surface area (TPSA) is 12.4 Å². The summed E-state index contributed by atoms with van der Waals surface area (Å²) < 4.78 is 1.10. The highest BCUT2D eigenvalue weighted by atomic mass is 79.9. The number of hydrogen-bond donors (Lipinski definition) is 0. The van der Waals surface area contributed by atoms with Crippen molar-refractivity contribution in [1.82, 2.24) is 0 Å². The van der Waals surface area contributed by atoms with Crippen LogP contribution in [0.3, 0.4) is 0 Å². The molecule has 1 rings (SSSR count). The number of benzene rings is 1. The smallest absolute Gasteiger partial charge is 0.0659 e. The first-order valence-corrected chi connectivity index (χ1v) is 6.40. The molecule has 0 bridgehead atoms. The molecule has 0 atom stereocenters. The number of nitrogens with zero attached hydrogens (tertiary/aromatic N) is 1. The number of aryl methyl sites for hydroxylation is 1. The molecule has 0 aromatic heterocycles. The Morgan fingerprint density at radius 2 is 2.25 bits per heavy atom. The van der Waals surface area contributed by atoms with Crippen molar-refractivity contribution in [3.8, 4) is 0 Å². The molecule has 0 fully saturated rings. The summed E-state index contributed by atoms with van der Waals surface area (Å²) in [5, 5.41) is 0. The van der Waals surface area contributed by atoms with Gasteiger partial charge in [0.05, 0.1) is 5.69 Å². The Hall–Kier alpha value is -0.890. The van der Waals surface area contributed by atoms with E-state index < -0.39 is 0 Å². The fourth-order valence-corrected chi connectivity index (χ4v) is 2.05.